The molecule has 25 heavy (non-hydrogen) atoms. The fourth-order valence-electron chi connectivity index (χ4n) is 3.96. The lowest BCUT2D eigenvalue weighted by Gasteiger charge is -2.35. The first-order valence-corrected chi connectivity index (χ1v) is 10.0. The number of piperazine rings is 1. The molecule has 1 aliphatic heterocycles. The quantitative estimate of drug-likeness (QED) is 0.747. The van der Waals surface area contributed by atoms with E-state index in [1.54, 1.807) is 0 Å². The summed E-state index contributed by atoms with van der Waals surface area (Å²) in [6.45, 7) is 12.3. The Morgan fingerprint density at radius 2 is 1.52 bits per heavy atom. The maximum Gasteiger partial charge on any atom is 0.236 e. The Bertz CT molecular complexity index is 431. The maximum absolute atomic E-state index is 12.3. The fourth-order valence-corrected chi connectivity index (χ4v) is 3.96. The monoisotopic (exact) mass is 352 g/mol. The molecule has 1 heterocycles. The van der Waals surface area contributed by atoms with Crippen molar-refractivity contribution in [2.45, 2.75) is 52.5 Å². The van der Waals surface area contributed by atoms with Crippen LogP contribution >= 0.6 is 0 Å². The van der Waals surface area contributed by atoms with Crippen LogP contribution < -0.4 is 5.32 Å². The minimum absolute atomic E-state index is 0.159. The third kappa shape index (κ3) is 6.26. The van der Waals surface area contributed by atoms with Gasteiger partial charge in [0.15, 0.2) is 0 Å². The lowest BCUT2D eigenvalue weighted by atomic mass is 9.86. The molecule has 6 nitrogen and oxygen atoms in total. The zero-order valence-electron chi connectivity index (χ0n) is 16.3. The lowest BCUT2D eigenvalue weighted by Crippen LogP contribution is -2.53. The van der Waals surface area contributed by atoms with E-state index in [0.29, 0.717) is 25.0 Å². The van der Waals surface area contributed by atoms with E-state index in [2.05, 4.69) is 22.0 Å². The SMILES string of the molecule is CCN(CC)C(=O)CN1CCN(CC(=O)NC2CCCCC2C)CC1. The molecule has 2 fully saturated rings. The number of carbonyl (C=O) groups is 2. The normalized spacial score (nSPS) is 25.6. The minimum Gasteiger partial charge on any atom is -0.352 e. The van der Waals surface area contributed by atoms with Gasteiger partial charge in [-0.1, -0.05) is 19.8 Å². The van der Waals surface area contributed by atoms with E-state index in [1.165, 1.54) is 19.3 Å². The topological polar surface area (TPSA) is 55.9 Å². The van der Waals surface area contributed by atoms with Gasteiger partial charge >= 0.3 is 0 Å². The van der Waals surface area contributed by atoms with Gasteiger partial charge in [-0.05, 0) is 32.6 Å². The van der Waals surface area contributed by atoms with Crippen molar-refractivity contribution in [3.8, 4) is 0 Å². The molecule has 2 rings (SSSR count). The van der Waals surface area contributed by atoms with E-state index < -0.39 is 0 Å². The molecule has 0 spiro atoms. The summed E-state index contributed by atoms with van der Waals surface area (Å²) >= 11 is 0. The molecule has 1 saturated heterocycles. The number of hydrogen-bond donors (Lipinski definition) is 1. The Morgan fingerprint density at radius 1 is 0.960 bits per heavy atom. The van der Waals surface area contributed by atoms with Gasteiger partial charge in [-0.3, -0.25) is 19.4 Å². The summed E-state index contributed by atoms with van der Waals surface area (Å²) in [5.41, 5.74) is 0. The zero-order chi connectivity index (χ0) is 18.2. The largest absolute Gasteiger partial charge is 0.352 e. The molecule has 1 N–H and O–H groups in total. The van der Waals surface area contributed by atoms with E-state index >= 15 is 0 Å². The van der Waals surface area contributed by atoms with E-state index in [4.69, 9.17) is 0 Å². The molecule has 2 amide bonds. The standard InChI is InChI=1S/C19H36N4O2/c1-4-23(5-2)19(25)15-22-12-10-21(11-13-22)14-18(24)20-17-9-7-6-8-16(17)3/h16-17H,4-15H2,1-3H3,(H,20,24). The first-order chi connectivity index (χ1) is 12.0. The highest BCUT2D eigenvalue weighted by Gasteiger charge is 2.25. The summed E-state index contributed by atoms with van der Waals surface area (Å²) in [6, 6.07) is 0.356. The van der Waals surface area contributed by atoms with Gasteiger partial charge in [0.05, 0.1) is 13.1 Å². The number of likely N-dealkylation sites (N-methyl/N-ethyl adjacent to an activating group) is 1. The maximum atomic E-state index is 12.3. The summed E-state index contributed by atoms with van der Waals surface area (Å²) in [6.07, 6.45) is 4.87. The molecule has 0 aromatic heterocycles. The highest BCUT2D eigenvalue weighted by molar-refractivity contribution is 5.79. The molecule has 144 valence electrons. The summed E-state index contributed by atoms with van der Waals surface area (Å²) in [5.74, 6) is 0.967. The second kappa shape index (κ2) is 10.1. The van der Waals surface area contributed by atoms with Gasteiger partial charge in [0, 0.05) is 45.3 Å². The van der Waals surface area contributed by atoms with Crippen molar-refractivity contribution in [2.24, 2.45) is 5.92 Å². The molecule has 2 unspecified atom stereocenters. The Kier molecular flexibility index (Phi) is 8.16. The first kappa shape index (κ1) is 20.2. The van der Waals surface area contributed by atoms with Crippen molar-refractivity contribution in [2.75, 3.05) is 52.4 Å². The molecular formula is C19H36N4O2. The second-order valence-corrected chi connectivity index (χ2v) is 7.55. The number of nitrogens with zero attached hydrogens (tertiary/aromatic N) is 3. The molecule has 2 atom stereocenters. The van der Waals surface area contributed by atoms with Gasteiger partial charge in [-0.2, -0.15) is 0 Å². The molecular weight excluding hydrogens is 316 g/mol. The van der Waals surface area contributed by atoms with E-state index in [0.717, 1.165) is 45.7 Å². The first-order valence-electron chi connectivity index (χ1n) is 10.0. The third-order valence-corrected chi connectivity index (χ3v) is 5.77. The van der Waals surface area contributed by atoms with E-state index in [-0.39, 0.29) is 11.8 Å². The molecule has 1 saturated carbocycles. The van der Waals surface area contributed by atoms with Crippen LogP contribution in [-0.4, -0.2) is 84.9 Å². The second-order valence-electron chi connectivity index (χ2n) is 7.55. The summed E-state index contributed by atoms with van der Waals surface area (Å²) in [4.78, 5) is 30.8. The number of nitrogens with one attached hydrogen (secondary N) is 1. The predicted molar refractivity (Wildman–Crippen MR) is 100 cm³/mol. The number of hydrogen-bond acceptors (Lipinski definition) is 4. The van der Waals surface area contributed by atoms with Gasteiger partial charge < -0.3 is 10.2 Å². The average Bonchev–Trinajstić information content (AvgIpc) is 2.60. The van der Waals surface area contributed by atoms with Gasteiger partial charge in [-0.25, -0.2) is 0 Å². The summed E-state index contributed by atoms with van der Waals surface area (Å²) < 4.78 is 0. The molecule has 2 aliphatic rings. The Balaban J connectivity index is 1.67. The zero-order valence-corrected chi connectivity index (χ0v) is 16.3. The lowest BCUT2D eigenvalue weighted by molar-refractivity contribution is -0.133. The van der Waals surface area contributed by atoms with Crippen molar-refractivity contribution in [3.05, 3.63) is 0 Å². The Labute approximate surface area is 152 Å². The van der Waals surface area contributed by atoms with Gasteiger partial charge in [0.1, 0.15) is 0 Å². The van der Waals surface area contributed by atoms with Crippen molar-refractivity contribution in [1.29, 1.82) is 0 Å². The van der Waals surface area contributed by atoms with Crippen LogP contribution in [0.25, 0.3) is 0 Å². The molecule has 0 aromatic carbocycles. The molecule has 0 aromatic rings. The van der Waals surface area contributed by atoms with Crippen LogP contribution in [-0.2, 0) is 9.59 Å². The highest BCUT2D eigenvalue weighted by atomic mass is 16.2. The van der Waals surface area contributed by atoms with Crippen LogP contribution in [0.2, 0.25) is 0 Å². The Hall–Kier alpha value is -1.14. The van der Waals surface area contributed by atoms with Crippen LogP contribution in [0.4, 0.5) is 0 Å². The van der Waals surface area contributed by atoms with E-state index in [1.807, 2.05) is 18.7 Å². The van der Waals surface area contributed by atoms with Crippen LogP contribution in [0.5, 0.6) is 0 Å². The number of rotatable bonds is 7. The van der Waals surface area contributed by atoms with Gasteiger partial charge in [0.25, 0.3) is 0 Å². The van der Waals surface area contributed by atoms with E-state index in [9.17, 15) is 9.59 Å². The average molecular weight is 353 g/mol. The molecule has 0 radical (unpaired) electrons. The van der Waals surface area contributed by atoms with Crippen LogP contribution in [0.15, 0.2) is 0 Å². The third-order valence-electron chi connectivity index (χ3n) is 5.77. The fraction of sp³-hybridized carbons (Fsp3) is 0.895. The molecule has 6 heteroatoms. The van der Waals surface area contributed by atoms with Crippen molar-refractivity contribution in [3.63, 3.8) is 0 Å². The Morgan fingerprint density at radius 3 is 2.08 bits per heavy atom. The number of amides is 2. The van der Waals surface area contributed by atoms with Crippen LogP contribution in [0.1, 0.15) is 46.5 Å². The minimum atomic E-state index is 0.159. The van der Waals surface area contributed by atoms with Crippen molar-refractivity contribution in [1.82, 2.24) is 20.0 Å². The summed E-state index contributed by atoms with van der Waals surface area (Å²) in [7, 11) is 0. The highest BCUT2D eigenvalue weighted by Crippen LogP contribution is 2.23. The van der Waals surface area contributed by atoms with Crippen molar-refractivity contribution < 1.29 is 9.59 Å². The number of carbonyl (C=O) groups excluding carboxylic acids is 2. The van der Waals surface area contributed by atoms with Crippen LogP contribution in [0, 0.1) is 5.92 Å². The summed E-state index contributed by atoms with van der Waals surface area (Å²) in [5, 5.41) is 3.23. The van der Waals surface area contributed by atoms with Gasteiger partial charge in [-0.15, -0.1) is 0 Å². The smallest absolute Gasteiger partial charge is 0.236 e. The van der Waals surface area contributed by atoms with Gasteiger partial charge in [0.2, 0.25) is 11.8 Å². The van der Waals surface area contributed by atoms with Crippen LogP contribution in [0.3, 0.4) is 0 Å². The predicted octanol–water partition coefficient (Wildman–Crippen LogP) is 1.17. The molecule has 0 bridgehead atoms. The van der Waals surface area contributed by atoms with Crippen molar-refractivity contribution >= 4 is 11.8 Å². The molecule has 1 aliphatic carbocycles.